The van der Waals surface area contributed by atoms with E-state index >= 15 is 0 Å². The van der Waals surface area contributed by atoms with Gasteiger partial charge in [-0.3, -0.25) is 0 Å². The van der Waals surface area contributed by atoms with Gasteiger partial charge in [-0.15, -0.1) is 0 Å². The largest absolute Gasteiger partial charge is 0.478 e. The molecule has 0 fully saturated rings. The van der Waals surface area contributed by atoms with Crippen LogP contribution in [0.1, 0.15) is 28.4 Å². The SMILES string of the molecule is C=C(C=Cc1ccc(C)cc1)C(C)O.O=C(O)c1ccccc1. The molecular weight excluding hydrogens is 288 g/mol. The van der Waals surface area contributed by atoms with Gasteiger partial charge in [0, 0.05) is 0 Å². The van der Waals surface area contributed by atoms with Crippen molar-refractivity contribution in [3.05, 3.63) is 89.5 Å². The second-order valence-corrected chi connectivity index (χ2v) is 5.17. The minimum atomic E-state index is -0.879. The minimum Gasteiger partial charge on any atom is -0.478 e. The molecule has 120 valence electrons. The molecule has 0 aromatic heterocycles. The maximum absolute atomic E-state index is 10.2. The maximum Gasteiger partial charge on any atom is 0.335 e. The van der Waals surface area contributed by atoms with Crippen LogP contribution in [0.4, 0.5) is 0 Å². The Bertz CT molecular complexity index is 653. The lowest BCUT2D eigenvalue weighted by atomic mass is 10.1. The van der Waals surface area contributed by atoms with Crippen molar-refractivity contribution < 1.29 is 15.0 Å². The Hall–Kier alpha value is -2.65. The summed E-state index contributed by atoms with van der Waals surface area (Å²) in [7, 11) is 0. The van der Waals surface area contributed by atoms with Crippen LogP contribution in [-0.4, -0.2) is 22.3 Å². The number of aliphatic hydroxyl groups excluding tert-OH is 1. The molecule has 0 amide bonds. The number of aryl methyl sites for hydroxylation is 1. The van der Waals surface area contributed by atoms with E-state index in [1.54, 1.807) is 37.3 Å². The van der Waals surface area contributed by atoms with Crippen LogP contribution < -0.4 is 0 Å². The Morgan fingerprint density at radius 2 is 1.65 bits per heavy atom. The Balaban J connectivity index is 0.000000253. The lowest BCUT2D eigenvalue weighted by Crippen LogP contribution is -1.99. The van der Waals surface area contributed by atoms with Gasteiger partial charge in [0.05, 0.1) is 11.7 Å². The smallest absolute Gasteiger partial charge is 0.335 e. The molecule has 0 radical (unpaired) electrons. The van der Waals surface area contributed by atoms with Gasteiger partial charge in [-0.2, -0.15) is 0 Å². The van der Waals surface area contributed by atoms with E-state index in [1.807, 2.05) is 24.3 Å². The van der Waals surface area contributed by atoms with Crippen LogP contribution >= 0.6 is 0 Å². The van der Waals surface area contributed by atoms with Gasteiger partial charge in [0.2, 0.25) is 0 Å². The fourth-order valence-corrected chi connectivity index (χ4v) is 1.60. The molecule has 3 heteroatoms. The summed E-state index contributed by atoms with van der Waals surface area (Å²) in [6.45, 7) is 7.52. The van der Waals surface area contributed by atoms with E-state index in [-0.39, 0.29) is 0 Å². The summed E-state index contributed by atoms with van der Waals surface area (Å²) in [6.07, 6.45) is 3.32. The summed E-state index contributed by atoms with van der Waals surface area (Å²) in [5.74, 6) is -0.879. The van der Waals surface area contributed by atoms with Crippen LogP contribution in [0, 0.1) is 6.92 Å². The standard InChI is InChI=1S/C13H16O.C7H6O2/c1-10-4-7-13(8-5-10)9-6-11(2)12(3)14;8-7(9)6-4-2-1-3-5-6/h4-9,12,14H,2H2,1,3H3;1-5H,(H,8,9). The first-order valence-corrected chi connectivity index (χ1v) is 7.30. The molecule has 1 atom stereocenters. The second kappa shape index (κ2) is 9.38. The van der Waals surface area contributed by atoms with E-state index in [4.69, 9.17) is 5.11 Å². The summed E-state index contributed by atoms with van der Waals surface area (Å²) < 4.78 is 0. The van der Waals surface area contributed by atoms with Crippen LogP contribution in [0.2, 0.25) is 0 Å². The molecule has 0 heterocycles. The number of hydrogen-bond acceptors (Lipinski definition) is 2. The van der Waals surface area contributed by atoms with Crippen LogP contribution in [-0.2, 0) is 0 Å². The van der Waals surface area contributed by atoms with Gasteiger partial charge in [0.25, 0.3) is 0 Å². The van der Waals surface area contributed by atoms with Gasteiger partial charge in [-0.25, -0.2) is 4.79 Å². The minimum absolute atomic E-state index is 0.331. The zero-order valence-electron chi connectivity index (χ0n) is 13.4. The molecule has 0 aliphatic carbocycles. The number of hydrogen-bond donors (Lipinski definition) is 2. The highest BCUT2D eigenvalue weighted by molar-refractivity contribution is 5.87. The third-order valence-corrected chi connectivity index (χ3v) is 3.12. The van der Waals surface area contributed by atoms with E-state index in [0.29, 0.717) is 5.56 Å². The van der Waals surface area contributed by atoms with Crippen molar-refractivity contribution in [3.63, 3.8) is 0 Å². The topological polar surface area (TPSA) is 57.5 Å². The van der Waals surface area contributed by atoms with Gasteiger partial charge in [-0.05, 0) is 37.1 Å². The lowest BCUT2D eigenvalue weighted by molar-refractivity contribution is 0.0697. The van der Waals surface area contributed by atoms with Crippen molar-refractivity contribution in [1.82, 2.24) is 0 Å². The number of rotatable bonds is 4. The summed E-state index contributed by atoms with van der Waals surface area (Å²) in [4.78, 5) is 10.2. The summed E-state index contributed by atoms with van der Waals surface area (Å²) in [5, 5.41) is 17.6. The van der Waals surface area contributed by atoms with E-state index in [1.165, 1.54) is 5.56 Å². The van der Waals surface area contributed by atoms with Gasteiger partial charge >= 0.3 is 5.97 Å². The van der Waals surface area contributed by atoms with Crippen LogP contribution in [0.15, 0.2) is 72.8 Å². The Morgan fingerprint density at radius 3 is 2.09 bits per heavy atom. The average molecular weight is 310 g/mol. The quantitative estimate of drug-likeness (QED) is 0.826. The van der Waals surface area contributed by atoms with Crippen molar-refractivity contribution in [3.8, 4) is 0 Å². The Kier molecular flexibility index (Phi) is 7.51. The van der Waals surface area contributed by atoms with E-state index in [2.05, 4.69) is 25.6 Å². The van der Waals surface area contributed by atoms with E-state index in [0.717, 1.165) is 11.1 Å². The molecule has 0 spiro atoms. The van der Waals surface area contributed by atoms with Crippen LogP contribution in [0.5, 0.6) is 0 Å². The van der Waals surface area contributed by atoms with Gasteiger partial charge in [0.1, 0.15) is 0 Å². The molecule has 0 aliphatic heterocycles. The number of aliphatic hydroxyl groups is 1. The number of carbonyl (C=O) groups is 1. The molecule has 0 bridgehead atoms. The van der Waals surface area contributed by atoms with Crippen molar-refractivity contribution in [1.29, 1.82) is 0 Å². The fraction of sp³-hybridized carbons (Fsp3) is 0.150. The first-order chi connectivity index (χ1) is 10.9. The third kappa shape index (κ3) is 7.25. The summed E-state index contributed by atoms with van der Waals surface area (Å²) in [6, 6.07) is 16.5. The molecule has 23 heavy (non-hydrogen) atoms. The monoisotopic (exact) mass is 310 g/mol. The number of aromatic carboxylic acids is 1. The van der Waals surface area contributed by atoms with Crippen molar-refractivity contribution in [2.75, 3.05) is 0 Å². The number of benzene rings is 2. The predicted molar refractivity (Wildman–Crippen MR) is 94.4 cm³/mol. The predicted octanol–water partition coefficient (Wildman–Crippen LogP) is 4.33. The zero-order valence-corrected chi connectivity index (χ0v) is 13.4. The maximum atomic E-state index is 10.2. The fourth-order valence-electron chi connectivity index (χ4n) is 1.60. The Labute approximate surface area is 137 Å². The normalized spacial score (nSPS) is 11.4. The molecule has 2 aromatic rings. The summed E-state index contributed by atoms with van der Waals surface area (Å²) in [5.41, 5.74) is 3.43. The first kappa shape index (κ1) is 18.4. The van der Waals surface area contributed by atoms with Gasteiger partial charge in [-0.1, -0.05) is 66.8 Å². The molecule has 1 unspecified atom stereocenters. The molecule has 0 saturated carbocycles. The lowest BCUT2D eigenvalue weighted by Gasteiger charge is -2.01. The van der Waals surface area contributed by atoms with Crippen LogP contribution in [0.3, 0.4) is 0 Å². The highest BCUT2D eigenvalue weighted by Crippen LogP contribution is 2.08. The van der Waals surface area contributed by atoms with E-state index < -0.39 is 12.1 Å². The van der Waals surface area contributed by atoms with Crippen molar-refractivity contribution >= 4 is 12.0 Å². The highest BCUT2D eigenvalue weighted by Gasteiger charge is 1.97. The average Bonchev–Trinajstić information content (AvgIpc) is 2.55. The second-order valence-electron chi connectivity index (χ2n) is 5.17. The van der Waals surface area contributed by atoms with Crippen LogP contribution in [0.25, 0.3) is 6.08 Å². The first-order valence-electron chi connectivity index (χ1n) is 7.30. The number of carboxylic acid groups (broad SMARTS) is 1. The number of carboxylic acids is 1. The molecule has 2 N–H and O–H groups in total. The van der Waals surface area contributed by atoms with Crippen molar-refractivity contribution in [2.24, 2.45) is 0 Å². The molecule has 3 nitrogen and oxygen atoms in total. The van der Waals surface area contributed by atoms with Gasteiger partial charge < -0.3 is 10.2 Å². The third-order valence-electron chi connectivity index (χ3n) is 3.12. The van der Waals surface area contributed by atoms with E-state index in [9.17, 15) is 9.90 Å². The summed E-state index contributed by atoms with van der Waals surface area (Å²) >= 11 is 0. The Morgan fingerprint density at radius 1 is 1.09 bits per heavy atom. The molecule has 2 aromatic carbocycles. The molecule has 0 saturated heterocycles. The van der Waals surface area contributed by atoms with Crippen molar-refractivity contribution in [2.45, 2.75) is 20.0 Å². The molecule has 2 rings (SSSR count). The highest BCUT2D eigenvalue weighted by atomic mass is 16.4. The zero-order chi connectivity index (χ0) is 17.2. The van der Waals surface area contributed by atoms with Gasteiger partial charge in [0.15, 0.2) is 0 Å². The molecule has 0 aliphatic rings. The molecular formula is C20H22O3.